The lowest BCUT2D eigenvalue weighted by molar-refractivity contribution is -0.151. The molecular formula is C21H21NO4. The number of carbonyl (C=O) groups is 3. The largest absolute Gasteiger partial charge is 0.455 e. The van der Waals surface area contributed by atoms with Crippen molar-refractivity contribution < 1.29 is 19.1 Å². The normalized spacial score (nSPS) is 14.0. The fraction of sp³-hybridized carbons (Fsp3) is 0.286. The molecule has 5 heteroatoms. The van der Waals surface area contributed by atoms with Gasteiger partial charge >= 0.3 is 5.97 Å². The summed E-state index contributed by atoms with van der Waals surface area (Å²) in [5, 5.41) is 2.67. The molecule has 0 unspecified atom stereocenters. The van der Waals surface area contributed by atoms with Crippen molar-refractivity contribution in [2.24, 2.45) is 5.92 Å². The lowest BCUT2D eigenvalue weighted by atomic mass is 10.0. The summed E-state index contributed by atoms with van der Waals surface area (Å²) in [7, 11) is 0. The predicted octanol–water partition coefficient (Wildman–Crippen LogP) is 3.59. The lowest BCUT2D eigenvalue weighted by Gasteiger charge is -2.12. The van der Waals surface area contributed by atoms with Crippen LogP contribution < -0.4 is 5.32 Å². The highest BCUT2D eigenvalue weighted by atomic mass is 16.5. The van der Waals surface area contributed by atoms with E-state index in [0.717, 1.165) is 25.7 Å². The molecule has 2 aromatic carbocycles. The second kappa shape index (κ2) is 8.43. The number of ketones is 1. The number of para-hydroxylation sites is 1. The highest BCUT2D eigenvalue weighted by molar-refractivity contribution is 6.13. The maximum Gasteiger partial charge on any atom is 0.309 e. The summed E-state index contributed by atoms with van der Waals surface area (Å²) in [6, 6.07) is 15.7. The van der Waals surface area contributed by atoms with Crippen LogP contribution >= 0.6 is 0 Å². The molecule has 0 spiro atoms. The van der Waals surface area contributed by atoms with Crippen LogP contribution in [0.25, 0.3) is 0 Å². The van der Waals surface area contributed by atoms with E-state index in [9.17, 15) is 14.4 Å². The van der Waals surface area contributed by atoms with E-state index >= 15 is 0 Å². The van der Waals surface area contributed by atoms with Crippen LogP contribution in [0.1, 0.15) is 41.6 Å². The Bertz CT molecular complexity index is 795. The smallest absolute Gasteiger partial charge is 0.309 e. The van der Waals surface area contributed by atoms with E-state index in [1.807, 2.05) is 6.07 Å². The standard InChI is InChI=1S/C21H21NO4/c23-19(14-26-21(25)16-10-4-5-11-16)22-18-13-7-6-12-17(18)20(24)15-8-2-1-3-9-15/h1-3,6-9,12-13,16H,4-5,10-11,14H2,(H,22,23). The third-order valence-corrected chi connectivity index (χ3v) is 4.52. The average Bonchev–Trinajstić information content (AvgIpc) is 3.21. The van der Waals surface area contributed by atoms with Gasteiger partial charge in [-0.15, -0.1) is 0 Å². The fourth-order valence-corrected chi connectivity index (χ4v) is 3.14. The van der Waals surface area contributed by atoms with E-state index in [1.54, 1.807) is 48.5 Å². The lowest BCUT2D eigenvalue weighted by Crippen LogP contribution is -2.24. The third-order valence-electron chi connectivity index (χ3n) is 4.52. The van der Waals surface area contributed by atoms with Gasteiger partial charge in [-0.05, 0) is 25.0 Å². The molecule has 0 saturated heterocycles. The molecular weight excluding hydrogens is 330 g/mol. The van der Waals surface area contributed by atoms with Gasteiger partial charge in [-0.2, -0.15) is 0 Å². The number of ether oxygens (including phenoxy) is 1. The van der Waals surface area contributed by atoms with Gasteiger partial charge in [0.1, 0.15) is 0 Å². The Morgan fingerprint density at radius 3 is 2.31 bits per heavy atom. The Hall–Kier alpha value is -2.95. The first-order valence-electron chi connectivity index (χ1n) is 8.80. The molecule has 2 aromatic rings. The Balaban J connectivity index is 1.63. The maximum absolute atomic E-state index is 12.7. The van der Waals surface area contributed by atoms with Gasteiger partial charge in [-0.25, -0.2) is 0 Å². The van der Waals surface area contributed by atoms with Crippen molar-refractivity contribution in [1.82, 2.24) is 0 Å². The second-order valence-electron chi connectivity index (χ2n) is 6.38. The first-order chi connectivity index (χ1) is 12.6. The zero-order valence-corrected chi connectivity index (χ0v) is 14.4. The molecule has 1 aliphatic rings. The molecule has 26 heavy (non-hydrogen) atoms. The van der Waals surface area contributed by atoms with Crippen LogP contribution in [0.15, 0.2) is 54.6 Å². The number of carbonyl (C=O) groups excluding carboxylic acids is 3. The zero-order valence-electron chi connectivity index (χ0n) is 14.4. The van der Waals surface area contributed by atoms with Gasteiger partial charge in [0.05, 0.1) is 11.6 Å². The van der Waals surface area contributed by atoms with Crippen LogP contribution in [0.3, 0.4) is 0 Å². The van der Waals surface area contributed by atoms with Crippen molar-refractivity contribution in [2.75, 3.05) is 11.9 Å². The number of rotatable bonds is 6. The fourth-order valence-electron chi connectivity index (χ4n) is 3.14. The van der Waals surface area contributed by atoms with Gasteiger partial charge in [0, 0.05) is 11.1 Å². The highest BCUT2D eigenvalue weighted by Crippen LogP contribution is 2.25. The van der Waals surface area contributed by atoms with Gasteiger partial charge in [0.25, 0.3) is 5.91 Å². The first-order valence-corrected chi connectivity index (χ1v) is 8.80. The minimum absolute atomic E-state index is 0.0882. The second-order valence-corrected chi connectivity index (χ2v) is 6.38. The minimum atomic E-state index is -0.454. The quantitative estimate of drug-likeness (QED) is 0.638. The van der Waals surface area contributed by atoms with Crippen LogP contribution in [0.2, 0.25) is 0 Å². The van der Waals surface area contributed by atoms with Gasteiger partial charge < -0.3 is 10.1 Å². The van der Waals surface area contributed by atoms with Gasteiger partial charge in [-0.3, -0.25) is 14.4 Å². The Morgan fingerprint density at radius 2 is 1.58 bits per heavy atom. The van der Waals surface area contributed by atoms with Crippen molar-refractivity contribution in [1.29, 1.82) is 0 Å². The van der Waals surface area contributed by atoms with Gasteiger partial charge in [0.2, 0.25) is 0 Å². The van der Waals surface area contributed by atoms with E-state index in [2.05, 4.69) is 5.32 Å². The van der Waals surface area contributed by atoms with Crippen LogP contribution in [0.5, 0.6) is 0 Å². The Labute approximate surface area is 152 Å². The molecule has 1 saturated carbocycles. The SMILES string of the molecule is O=C(COC(=O)C1CCCC1)Nc1ccccc1C(=O)c1ccccc1. The molecule has 0 atom stereocenters. The molecule has 1 aliphatic carbocycles. The van der Waals surface area contributed by atoms with Gasteiger partial charge in [0.15, 0.2) is 12.4 Å². The average molecular weight is 351 g/mol. The van der Waals surface area contributed by atoms with E-state index in [-0.39, 0.29) is 24.3 Å². The van der Waals surface area contributed by atoms with Crippen molar-refractivity contribution >= 4 is 23.3 Å². The number of benzene rings is 2. The van der Waals surface area contributed by atoms with Crippen LogP contribution in [0, 0.1) is 5.92 Å². The number of hydrogen-bond acceptors (Lipinski definition) is 4. The number of amides is 1. The minimum Gasteiger partial charge on any atom is -0.455 e. The summed E-state index contributed by atoms with van der Waals surface area (Å²) in [5.41, 5.74) is 1.35. The monoisotopic (exact) mass is 351 g/mol. The topological polar surface area (TPSA) is 72.5 Å². The Kier molecular flexibility index (Phi) is 5.79. The number of anilines is 1. The molecule has 3 rings (SSSR count). The molecule has 1 fully saturated rings. The van der Waals surface area contributed by atoms with Crippen LogP contribution in [-0.2, 0) is 14.3 Å². The van der Waals surface area contributed by atoms with Crippen LogP contribution in [-0.4, -0.2) is 24.3 Å². The zero-order chi connectivity index (χ0) is 18.4. The molecule has 134 valence electrons. The molecule has 0 aromatic heterocycles. The molecule has 1 amide bonds. The van der Waals surface area contributed by atoms with E-state index in [0.29, 0.717) is 16.8 Å². The summed E-state index contributed by atoms with van der Waals surface area (Å²) in [6.45, 7) is -0.344. The summed E-state index contributed by atoms with van der Waals surface area (Å²) in [5.74, 6) is -1.03. The molecule has 0 aliphatic heterocycles. The summed E-state index contributed by atoms with van der Waals surface area (Å²) in [4.78, 5) is 36.7. The number of nitrogens with one attached hydrogen (secondary N) is 1. The molecule has 5 nitrogen and oxygen atoms in total. The van der Waals surface area contributed by atoms with Crippen molar-refractivity contribution in [2.45, 2.75) is 25.7 Å². The highest BCUT2D eigenvalue weighted by Gasteiger charge is 2.24. The summed E-state index contributed by atoms with van der Waals surface area (Å²) >= 11 is 0. The number of hydrogen-bond donors (Lipinski definition) is 1. The molecule has 1 N–H and O–H groups in total. The summed E-state index contributed by atoms with van der Waals surface area (Å²) < 4.78 is 5.11. The first kappa shape index (κ1) is 17.9. The molecule has 0 bridgehead atoms. The van der Waals surface area contributed by atoms with E-state index in [1.165, 1.54) is 0 Å². The summed E-state index contributed by atoms with van der Waals surface area (Å²) in [6.07, 6.45) is 3.71. The van der Waals surface area contributed by atoms with Crippen molar-refractivity contribution in [3.8, 4) is 0 Å². The molecule has 0 heterocycles. The van der Waals surface area contributed by atoms with Crippen LogP contribution in [0.4, 0.5) is 5.69 Å². The maximum atomic E-state index is 12.7. The van der Waals surface area contributed by atoms with Gasteiger partial charge in [-0.1, -0.05) is 55.3 Å². The van der Waals surface area contributed by atoms with Crippen molar-refractivity contribution in [3.63, 3.8) is 0 Å². The van der Waals surface area contributed by atoms with E-state index < -0.39 is 5.91 Å². The third kappa shape index (κ3) is 4.36. The number of esters is 1. The van der Waals surface area contributed by atoms with Crippen molar-refractivity contribution in [3.05, 3.63) is 65.7 Å². The predicted molar refractivity (Wildman–Crippen MR) is 97.9 cm³/mol. The van der Waals surface area contributed by atoms with E-state index in [4.69, 9.17) is 4.74 Å². The molecule has 0 radical (unpaired) electrons. The Morgan fingerprint density at radius 1 is 0.923 bits per heavy atom.